The highest BCUT2D eigenvalue weighted by molar-refractivity contribution is 6.02. The van der Waals surface area contributed by atoms with E-state index in [2.05, 4.69) is 19.1 Å². The van der Waals surface area contributed by atoms with E-state index in [4.69, 9.17) is 0 Å². The lowest BCUT2D eigenvalue weighted by Crippen LogP contribution is -2.27. The monoisotopic (exact) mass is 214 g/mol. The molecule has 0 aromatic heterocycles. The van der Waals surface area contributed by atoms with E-state index in [1.54, 1.807) is 0 Å². The van der Waals surface area contributed by atoms with Gasteiger partial charge in [0.1, 0.15) is 0 Å². The first-order valence-electron chi connectivity index (χ1n) is 6.66. The van der Waals surface area contributed by atoms with Gasteiger partial charge in [-0.05, 0) is 49.5 Å². The van der Waals surface area contributed by atoms with Crippen LogP contribution in [-0.2, 0) is 4.79 Å². The first kappa shape index (κ1) is 9.21. The van der Waals surface area contributed by atoms with Gasteiger partial charge in [-0.25, -0.2) is 0 Å². The van der Waals surface area contributed by atoms with Crippen molar-refractivity contribution in [3.8, 4) is 0 Å². The zero-order valence-corrected chi connectivity index (χ0v) is 9.83. The Kier molecular flexibility index (Phi) is 1.55. The maximum atomic E-state index is 12.2. The largest absolute Gasteiger partial charge is 0.294 e. The third kappa shape index (κ3) is 0.837. The number of Topliss-reactive ketones (excluding diaryl/α,β-unsaturated/α-hetero) is 1. The summed E-state index contributed by atoms with van der Waals surface area (Å²) in [6, 6.07) is 0. The van der Waals surface area contributed by atoms with Gasteiger partial charge in [0.05, 0.1) is 0 Å². The lowest BCUT2D eigenvalue weighted by Gasteiger charge is -2.31. The second kappa shape index (κ2) is 2.69. The summed E-state index contributed by atoms with van der Waals surface area (Å²) >= 11 is 0. The van der Waals surface area contributed by atoms with E-state index in [1.165, 1.54) is 36.8 Å². The Balaban J connectivity index is 1.80. The van der Waals surface area contributed by atoms with E-state index < -0.39 is 0 Å². The summed E-state index contributed by atoms with van der Waals surface area (Å²) in [6.45, 7) is 2.10. The fourth-order valence-electron chi connectivity index (χ4n) is 4.94. The van der Waals surface area contributed by atoms with Crippen LogP contribution in [0.4, 0.5) is 0 Å². The van der Waals surface area contributed by atoms with Gasteiger partial charge in [-0.2, -0.15) is 0 Å². The number of fused-ring (bicyclic) bond motifs is 1. The Morgan fingerprint density at radius 2 is 2.25 bits per heavy atom. The molecule has 84 valence electrons. The zero-order chi connectivity index (χ0) is 10.9. The van der Waals surface area contributed by atoms with Gasteiger partial charge in [-0.3, -0.25) is 4.79 Å². The maximum absolute atomic E-state index is 12.2. The molecule has 0 amide bonds. The fourth-order valence-corrected chi connectivity index (χ4v) is 4.94. The average molecular weight is 214 g/mol. The van der Waals surface area contributed by atoms with Crippen LogP contribution < -0.4 is 0 Å². The van der Waals surface area contributed by atoms with Crippen LogP contribution in [0, 0.1) is 23.2 Å². The summed E-state index contributed by atoms with van der Waals surface area (Å²) in [5.41, 5.74) is 3.21. The lowest BCUT2D eigenvalue weighted by molar-refractivity contribution is -0.118. The molecular weight excluding hydrogens is 196 g/mol. The summed E-state index contributed by atoms with van der Waals surface area (Å²) < 4.78 is 0. The van der Waals surface area contributed by atoms with Crippen LogP contribution in [0.5, 0.6) is 0 Å². The molecule has 0 aliphatic heterocycles. The van der Waals surface area contributed by atoms with Crippen molar-refractivity contribution in [1.82, 2.24) is 0 Å². The molecule has 4 aliphatic rings. The average Bonchev–Trinajstić information content (AvgIpc) is 2.88. The normalized spacial score (nSPS) is 48.8. The van der Waals surface area contributed by atoms with Crippen molar-refractivity contribution >= 4 is 5.78 Å². The minimum absolute atomic E-state index is 0.284. The molecule has 1 fully saturated rings. The molecule has 0 unspecified atom stereocenters. The third-order valence-corrected chi connectivity index (χ3v) is 5.58. The van der Waals surface area contributed by atoms with Crippen molar-refractivity contribution < 1.29 is 4.79 Å². The van der Waals surface area contributed by atoms with Crippen molar-refractivity contribution in [2.24, 2.45) is 23.2 Å². The second-order valence-electron chi connectivity index (χ2n) is 6.24. The molecule has 1 saturated carbocycles. The van der Waals surface area contributed by atoms with Gasteiger partial charge in [-0.1, -0.05) is 24.6 Å². The van der Waals surface area contributed by atoms with Gasteiger partial charge in [0.15, 0.2) is 5.78 Å². The van der Waals surface area contributed by atoms with E-state index in [0.29, 0.717) is 17.1 Å². The van der Waals surface area contributed by atoms with E-state index >= 15 is 0 Å². The third-order valence-electron chi connectivity index (χ3n) is 5.58. The number of carbonyl (C=O) groups excluding carboxylic acids is 1. The number of allylic oxidation sites excluding steroid dienone is 4. The molecule has 4 rings (SSSR count). The lowest BCUT2D eigenvalue weighted by atomic mass is 9.72. The Bertz CT molecular complexity index is 442. The smallest absolute Gasteiger partial charge is 0.162 e. The predicted octanol–water partition coefficient (Wildman–Crippen LogP) is 3.27. The first-order valence-corrected chi connectivity index (χ1v) is 6.66. The van der Waals surface area contributed by atoms with Gasteiger partial charge in [0.25, 0.3) is 0 Å². The molecule has 1 spiro atoms. The molecule has 0 aromatic rings. The number of ketones is 1. The summed E-state index contributed by atoms with van der Waals surface area (Å²) in [6.07, 6.45) is 11.0. The second-order valence-corrected chi connectivity index (χ2v) is 6.24. The van der Waals surface area contributed by atoms with Crippen LogP contribution in [0.25, 0.3) is 0 Å². The topological polar surface area (TPSA) is 17.1 Å². The molecule has 1 heteroatoms. The van der Waals surface area contributed by atoms with Gasteiger partial charge >= 0.3 is 0 Å². The van der Waals surface area contributed by atoms with Crippen molar-refractivity contribution in [1.29, 1.82) is 0 Å². The SMILES string of the molecule is C[C@@H]1CC2=C(C1=O)[C@@H]1CC[C@H]3CC=C[C@]31C2. The summed E-state index contributed by atoms with van der Waals surface area (Å²) in [5.74, 6) is 2.22. The molecule has 0 radical (unpaired) electrons. The van der Waals surface area contributed by atoms with Crippen LogP contribution in [0.1, 0.15) is 39.0 Å². The summed E-state index contributed by atoms with van der Waals surface area (Å²) in [4.78, 5) is 12.2. The number of hydrogen-bond acceptors (Lipinski definition) is 1. The van der Waals surface area contributed by atoms with Crippen LogP contribution >= 0.6 is 0 Å². The van der Waals surface area contributed by atoms with Gasteiger partial charge < -0.3 is 0 Å². The molecule has 0 N–H and O–H groups in total. The van der Waals surface area contributed by atoms with E-state index in [0.717, 1.165) is 12.3 Å². The highest BCUT2D eigenvalue weighted by Crippen LogP contribution is 2.66. The maximum Gasteiger partial charge on any atom is 0.162 e. The Morgan fingerprint density at radius 1 is 1.38 bits per heavy atom. The molecule has 0 heterocycles. The highest BCUT2D eigenvalue weighted by atomic mass is 16.1. The van der Waals surface area contributed by atoms with Crippen molar-refractivity contribution in [2.45, 2.75) is 39.0 Å². The van der Waals surface area contributed by atoms with E-state index in [-0.39, 0.29) is 5.92 Å². The van der Waals surface area contributed by atoms with Crippen LogP contribution in [0.2, 0.25) is 0 Å². The van der Waals surface area contributed by atoms with Crippen molar-refractivity contribution in [3.05, 3.63) is 23.3 Å². The summed E-state index contributed by atoms with van der Waals surface area (Å²) in [5, 5.41) is 0. The number of carbonyl (C=O) groups is 1. The van der Waals surface area contributed by atoms with Gasteiger partial charge in [0.2, 0.25) is 0 Å². The Labute approximate surface area is 96.6 Å². The molecule has 16 heavy (non-hydrogen) atoms. The minimum atomic E-state index is 0.284. The van der Waals surface area contributed by atoms with Crippen molar-refractivity contribution in [2.75, 3.05) is 0 Å². The quantitative estimate of drug-likeness (QED) is 0.566. The first-order chi connectivity index (χ1) is 7.72. The predicted molar refractivity (Wildman–Crippen MR) is 62.8 cm³/mol. The van der Waals surface area contributed by atoms with E-state index in [9.17, 15) is 4.79 Å². The van der Waals surface area contributed by atoms with Gasteiger partial charge in [-0.15, -0.1) is 0 Å². The molecule has 1 nitrogen and oxygen atoms in total. The highest BCUT2D eigenvalue weighted by Gasteiger charge is 2.58. The molecular formula is C15H18O. The van der Waals surface area contributed by atoms with E-state index in [1.807, 2.05) is 0 Å². The standard InChI is InChI=1S/C15H18O/c1-9-7-10-8-15-6-2-3-11(15)4-5-12(15)13(10)14(9)16/h2,6,9,11-12H,3-5,7-8H2,1H3/t9-,11-,12+,15+/m1/s1. The number of rotatable bonds is 0. The summed E-state index contributed by atoms with van der Waals surface area (Å²) in [7, 11) is 0. The fraction of sp³-hybridized carbons (Fsp3) is 0.667. The Morgan fingerprint density at radius 3 is 3.12 bits per heavy atom. The van der Waals surface area contributed by atoms with Gasteiger partial charge in [0, 0.05) is 11.3 Å². The van der Waals surface area contributed by atoms with Crippen LogP contribution in [0.3, 0.4) is 0 Å². The zero-order valence-electron chi connectivity index (χ0n) is 9.83. The molecule has 4 aliphatic carbocycles. The van der Waals surface area contributed by atoms with Crippen LogP contribution in [-0.4, -0.2) is 5.78 Å². The van der Waals surface area contributed by atoms with Crippen molar-refractivity contribution in [3.63, 3.8) is 0 Å². The number of hydrogen-bond donors (Lipinski definition) is 0. The minimum Gasteiger partial charge on any atom is -0.294 e. The molecule has 0 saturated heterocycles. The Hall–Kier alpha value is -0.850. The van der Waals surface area contributed by atoms with Crippen LogP contribution in [0.15, 0.2) is 23.3 Å². The molecule has 0 aromatic carbocycles. The molecule has 4 atom stereocenters. The molecule has 0 bridgehead atoms.